The van der Waals surface area contributed by atoms with Gasteiger partial charge in [-0.1, -0.05) is 16.8 Å². The van der Waals surface area contributed by atoms with Gasteiger partial charge in [0.2, 0.25) is 0 Å². The summed E-state index contributed by atoms with van der Waals surface area (Å²) in [6.45, 7) is 1.30. The summed E-state index contributed by atoms with van der Waals surface area (Å²) in [7, 11) is 1.62. The molecule has 2 aromatic heterocycles. The molecule has 31 heavy (non-hydrogen) atoms. The monoisotopic (exact) mass is 444 g/mol. The molecule has 1 saturated heterocycles. The van der Waals surface area contributed by atoms with Crippen molar-refractivity contribution < 1.29 is 18.4 Å². The van der Waals surface area contributed by atoms with Crippen LogP contribution in [0.3, 0.4) is 0 Å². The van der Waals surface area contributed by atoms with E-state index >= 15 is 0 Å². The van der Waals surface area contributed by atoms with Gasteiger partial charge in [0.1, 0.15) is 5.82 Å². The van der Waals surface area contributed by atoms with Gasteiger partial charge in [0.25, 0.3) is 11.8 Å². The van der Waals surface area contributed by atoms with Gasteiger partial charge in [-0.2, -0.15) is 4.98 Å². The summed E-state index contributed by atoms with van der Waals surface area (Å²) < 4.78 is 25.1. The van der Waals surface area contributed by atoms with E-state index in [4.69, 9.17) is 20.9 Å². The van der Waals surface area contributed by atoms with Crippen LogP contribution < -0.4 is 0 Å². The Kier molecular flexibility index (Phi) is 6.29. The molecule has 0 saturated carbocycles. The quantitative estimate of drug-likeness (QED) is 0.568. The summed E-state index contributed by atoms with van der Waals surface area (Å²) >= 11 is 5.99. The zero-order chi connectivity index (χ0) is 21.8. The molecule has 1 atom stereocenters. The molecule has 7 nitrogen and oxygen atoms in total. The van der Waals surface area contributed by atoms with E-state index in [1.165, 1.54) is 18.2 Å². The zero-order valence-electron chi connectivity index (χ0n) is 17.1. The summed E-state index contributed by atoms with van der Waals surface area (Å²) in [5, 5.41) is 4.56. The van der Waals surface area contributed by atoms with Crippen molar-refractivity contribution in [2.45, 2.75) is 24.7 Å². The number of hydrogen-bond donors (Lipinski definition) is 0. The Hall–Kier alpha value is -2.84. The summed E-state index contributed by atoms with van der Waals surface area (Å²) in [5.41, 5.74) is 0.161. The van der Waals surface area contributed by atoms with E-state index < -0.39 is 17.1 Å². The molecule has 1 unspecified atom stereocenters. The Labute approximate surface area is 184 Å². The predicted octanol–water partition coefficient (Wildman–Crippen LogP) is 4.13. The van der Waals surface area contributed by atoms with Crippen molar-refractivity contribution in [3.8, 4) is 11.5 Å². The average Bonchev–Trinajstić information content (AvgIpc) is 3.31. The molecular weight excluding hydrogens is 423 g/mol. The van der Waals surface area contributed by atoms with Gasteiger partial charge in [0, 0.05) is 49.8 Å². The molecule has 0 spiro atoms. The number of carbonyl (C=O) groups is 1. The number of hydrogen-bond acceptors (Lipinski definition) is 6. The highest BCUT2D eigenvalue weighted by molar-refractivity contribution is 6.31. The second-order valence-corrected chi connectivity index (χ2v) is 8.07. The topological polar surface area (TPSA) is 81.3 Å². The summed E-state index contributed by atoms with van der Waals surface area (Å²) in [4.78, 5) is 23.4. The van der Waals surface area contributed by atoms with Gasteiger partial charge in [-0.15, -0.1) is 0 Å². The number of piperidine rings is 1. The highest BCUT2D eigenvalue weighted by Crippen LogP contribution is 2.37. The van der Waals surface area contributed by atoms with Crippen molar-refractivity contribution in [3.05, 3.63) is 65.0 Å². The fraction of sp³-hybridized carbons (Fsp3) is 0.364. The van der Waals surface area contributed by atoms with Crippen molar-refractivity contribution >= 4 is 17.5 Å². The number of carbonyl (C=O) groups excluding carboxylic acids is 1. The summed E-state index contributed by atoms with van der Waals surface area (Å²) in [6.07, 6.45) is 5.38. The Bertz CT molecular complexity index is 1060. The molecule has 9 heteroatoms. The molecule has 162 valence electrons. The van der Waals surface area contributed by atoms with E-state index in [9.17, 15) is 9.18 Å². The molecular formula is C22H22ClFN4O3. The van der Waals surface area contributed by atoms with Crippen molar-refractivity contribution in [2.75, 3.05) is 26.8 Å². The predicted molar refractivity (Wildman–Crippen MR) is 112 cm³/mol. The molecule has 0 bridgehead atoms. The number of amides is 1. The van der Waals surface area contributed by atoms with Crippen LogP contribution >= 0.6 is 11.6 Å². The van der Waals surface area contributed by atoms with E-state index in [1.807, 2.05) is 0 Å². The van der Waals surface area contributed by atoms with Crippen LogP contribution in [-0.2, 0) is 10.2 Å². The van der Waals surface area contributed by atoms with Crippen LogP contribution in [0.15, 0.2) is 47.2 Å². The lowest BCUT2D eigenvalue weighted by Gasteiger charge is -2.41. The molecule has 0 aliphatic carbocycles. The van der Waals surface area contributed by atoms with Gasteiger partial charge in [0.05, 0.1) is 11.0 Å². The molecule has 1 amide bonds. The van der Waals surface area contributed by atoms with Crippen LogP contribution in [0.1, 0.15) is 35.4 Å². The van der Waals surface area contributed by atoms with E-state index in [-0.39, 0.29) is 5.56 Å². The third-order valence-corrected chi connectivity index (χ3v) is 5.87. The molecule has 3 heterocycles. The first-order valence-electron chi connectivity index (χ1n) is 10.0. The Morgan fingerprint density at radius 2 is 2.13 bits per heavy atom. The van der Waals surface area contributed by atoms with Gasteiger partial charge in [-0.3, -0.25) is 9.78 Å². The molecule has 1 aromatic carbocycles. The number of nitrogens with zero attached hydrogens (tertiary/aromatic N) is 4. The van der Waals surface area contributed by atoms with Crippen LogP contribution in [-0.4, -0.2) is 52.7 Å². The smallest absolute Gasteiger partial charge is 0.258 e. The fourth-order valence-electron chi connectivity index (χ4n) is 3.98. The van der Waals surface area contributed by atoms with Crippen LogP contribution in [0.5, 0.6) is 0 Å². The maximum atomic E-state index is 14.3. The van der Waals surface area contributed by atoms with Gasteiger partial charge in [0.15, 0.2) is 5.82 Å². The summed E-state index contributed by atoms with van der Waals surface area (Å²) in [5.74, 6) is -0.0969. The maximum Gasteiger partial charge on any atom is 0.258 e. The SMILES string of the molecule is COCCC1(c2noc(-c3ccncc3)n2)CCCN(C(=O)c2cc(Cl)ccc2F)C1. The normalized spacial score (nSPS) is 18.9. The van der Waals surface area contributed by atoms with Crippen molar-refractivity contribution in [3.63, 3.8) is 0 Å². The number of methoxy groups -OCH3 is 1. The Balaban J connectivity index is 1.65. The average molecular weight is 445 g/mol. The lowest BCUT2D eigenvalue weighted by Crippen LogP contribution is -2.49. The highest BCUT2D eigenvalue weighted by atomic mass is 35.5. The number of aromatic nitrogens is 3. The Morgan fingerprint density at radius 1 is 1.32 bits per heavy atom. The number of likely N-dealkylation sites (tertiary alicyclic amines) is 1. The molecule has 0 N–H and O–H groups in total. The molecule has 1 aliphatic rings. The van der Waals surface area contributed by atoms with Crippen LogP contribution in [0.2, 0.25) is 5.02 Å². The van der Waals surface area contributed by atoms with Crippen LogP contribution in [0.25, 0.3) is 11.5 Å². The van der Waals surface area contributed by atoms with Crippen molar-refractivity contribution in [1.29, 1.82) is 0 Å². The van der Waals surface area contributed by atoms with E-state index in [1.54, 1.807) is 36.5 Å². The summed E-state index contributed by atoms with van der Waals surface area (Å²) in [6, 6.07) is 7.57. The third kappa shape index (κ3) is 4.45. The largest absolute Gasteiger partial charge is 0.385 e. The number of halogens is 2. The van der Waals surface area contributed by atoms with E-state index in [0.29, 0.717) is 42.9 Å². The first-order valence-corrected chi connectivity index (χ1v) is 10.4. The molecule has 0 radical (unpaired) electrons. The van der Waals surface area contributed by atoms with Gasteiger partial charge >= 0.3 is 0 Å². The van der Waals surface area contributed by atoms with E-state index in [2.05, 4.69) is 15.1 Å². The van der Waals surface area contributed by atoms with Crippen molar-refractivity contribution in [2.24, 2.45) is 0 Å². The first-order chi connectivity index (χ1) is 15.0. The highest BCUT2D eigenvalue weighted by Gasteiger charge is 2.42. The third-order valence-electron chi connectivity index (χ3n) is 5.64. The fourth-order valence-corrected chi connectivity index (χ4v) is 4.16. The lowest BCUT2D eigenvalue weighted by atomic mass is 9.76. The molecule has 3 aromatic rings. The van der Waals surface area contributed by atoms with E-state index in [0.717, 1.165) is 18.4 Å². The van der Waals surface area contributed by atoms with Crippen LogP contribution in [0, 0.1) is 5.82 Å². The zero-order valence-corrected chi connectivity index (χ0v) is 17.8. The molecule has 4 rings (SSSR count). The number of rotatable bonds is 6. The molecule has 1 aliphatic heterocycles. The second kappa shape index (κ2) is 9.11. The molecule has 1 fully saturated rings. The first kappa shape index (κ1) is 21.4. The second-order valence-electron chi connectivity index (χ2n) is 7.64. The van der Waals surface area contributed by atoms with Gasteiger partial charge in [-0.05, 0) is 49.6 Å². The minimum Gasteiger partial charge on any atom is -0.385 e. The van der Waals surface area contributed by atoms with Gasteiger partial charge in [-0.25, -0.2) is 4.39 Å². The number of benzene rings is 1. The lowest BCUT2D eigenvalue weighted by molar-refractivity contribution is 0.0562. The van der Waals surface area contributed by atoms with Crippen LogP contribution in [0.4, 0.5) is 4.39 Å². The Morgan fingerprint density at radius 3 is 2.90 bits per heavy atom. The number of pyridine rings is 1. The minimum absolute atomic E-state index is 0.0411. The van der Waals surface area contributed by atoms with Crippen molar-refractivity contribution in [1.82, 2.24) is 20.0 Å². The minimum atomic E-state index is -0.595. The standard InChI is InChI=1S/C22H22ClFN4O3/c1-30-12-8-22(21-26-19(31-27-21)15-5-9-25-10-6-15)7-2-11-28(14-22)20(29)17-13-16(23)3-4-18(17)24/h3-6,9-10,13H,2,7-8,11-12,14H2,1H3. The number of ether oxygens (including phenoxy) is 1. The maximum absolute atomic E-state index is 14.3. The van der Waals surface area contributed by atoms with Gasteiger partial charge < -0.3 is 14.2 Å².